The highest BCUT2D eigenvalue weighted by molar-refractivity contribution is 5.77. The van der Waals surface area contributed by atoms with Gasteiger partial charge >= 0.3 is 0 Å². The number of benzene rings is 1. The van der Waals surface area contributed by atoms with Crippen molar-refractivity contribution >= 4 is 5.91 Å². The Hall–Kier alpha value is -1.55. The summed E-state index contributed by atoms with van der Waals surface area (Å²) >= 11 is 0. The van der Waals surface area contributed by atoms with Crippen molar-refractivity contribution in [3.63, 3.8) is 0 Å². The van der Waals surface area contributed by atoms with Gasteiger partial charge in [0, 0.05) is 18.7 Å². The molecule has 0 heterocycles. The lowest BCUT2D eigenvalue weighted by Crippen LogP contribution is -2.30. The molecular weight excluding hydrogens is 264 g/mol. The number of amides is 1. The monoisotopic (exact) mass is 290 g/mol. The van der Waals surface area contributed by atoms with Gasteiger partial charge in [0.1, 0.15) is 5.75 Å². The van der Waals surface area contributed by atoms with Crippen LogP contribution in [-0.2, 0) is 11.3 Å². The van der Waals surface area contributed by atoms with Crippen molar-refractivity contribution in [1.82, 2.24) is 10.6 Å². The molecule has 0 bridgehead atoms. The molecule has 1 aliphatic carbocycles. The van der Waals surface area contributed by atoms with Crippen LogP contribution in [-0.4, -0.2) is 25.6 Å². The Morgan fingerprint density at radius 3 is 2.90 bits per heavy atom. The number of ether oxygens (including phenoxy) is 1. The van der Waals surface area contributed by atoms with E-state index >= 15 is 0 Å². The van der Waals surface area contributed by atoms with Crippen LogP contribution in [0.1, 0.15) is 37.3 Å². The van der Waals surface area contributed by atoms with Gasteiger partial charge in [-0.15, -0.1) is 0 Å². The molecule has 1 amide bonds. The fourth-order valence-electron chi connectivity index (χ4n) is 2.16. The highest BCUT2D eigenvalue weighted by atomic mass is 16.5. The molecule has 21 heavy (non-hydrogen) atoms. The van der Waals surface area contributed by atoms with Crippen LogP contribution < -0.4 is 15.4 Å². The number of hydrogen-bond acceptors (Lipinski definition) is 3. The Bertz CT molecular complexity index is 470. The van der Waals surface area contributed by atoms with E-state index in [2.05, 4.69) is 30.5 Å². The maximum Gasteiger partial charge on any atom is 0.257 e. The van der Waals surface area contributed by atoms with Gasteiger partial charge in [0.25, 0.3) is 5.91 Å². The fourth-order valence-corrected chi connectivity index (χ4v) is 2.16. The lowest BCUT2D eigenvalue weighted by Gasteiger charge is -2.13. The van der Waals surface area contributed by atoms with Gasteiger partial charge in [0.2, 0.25) is 0 Å². The first-order valence-electron chi connectivity index (χ1n) is 7.88. The quantitative estimate of drug-likeness (QED) is 0.687. The summed E-state index contributed by atoms with van der Waals surface area (Å²) in [6.45, 7) is 6.85. The Morgan fingerprint density at radius 1 is 1.38 bits per heavy atom. The Balaban J connectivity index is 1.83. The molecule has 1 saturated carbocycles. The molecule has 0 radical (unpaired) electrons. The number of nitrogens with one attached hydrogen (secondary N) is 2. The number of carbonyl (C=O) groups excluding carboxylic acids is 1. The normalized spacial score (nSPS) is 14.0. The number of hydrogen-bond donors (Lipinski definition) is 2. The third-order valence-corrected chi connectivity index (χ3v) is 3.60. The van der Waals surface area contributed by atoms with Gasteiger partial charge in [-0.05, 0) is 44.7 Å². The molecule has 116 valence electrons. The summed E-state index contributed by atoms with van der Waals surface area (Å²) in [4.78, 5) is 11.7. The van der Waals surface area contributed by atoms with E-state index in [0.717, 1.165) is 37.4 Å². The Kier molecular flexibility index (Phi) is 6.05. The molecule has 4 nitrogen and oxygen atoms in total. The summed E-state index contributed by atoms with van der Waals surface area (Å²) < 4.78 is 5.69. The lowest BCUT2D eigenvalue weighted by molar-refractivity contribution is -0.123. The van der Waals surface area contributed by atoms with Crippen molar-refractivity contribution in [2.45, 2.75) is 39.7 Å². The first-order valence-corrected chi connectivity index (χ1v) is 7.88. The third-order valence-electron chi connectivity index (χ3n) is 3.60. The van der Waals surface area contributed by atoms with Gasteiger partial charge < -0.3 is 15.4 Å². The summed E-state index contributed by atoms with van der Waals surface area (Å²) in [5.41, 5.74) is 2.31. The lowest BCUT2D eigenvalue weighted by atomic mass is 10.1. The zero-order chi connectivity index (χ0) is 15.1. The van der Waals surface area contributed by atoms with Crippen LogP contribution in [0.2, 0.25) is 0 Å². The van der Waals surface area contributed by atoms with E-state index in [1.54, 1.807) is 0 Å². The highest BCUT2D eigenvalue weighted by Crippen LogP contribution is 2.27. The summed E-state index contributed by atoms with van der Waals surface area (Å²) in [6, 6.07) is 6.08. The Labute approximate surface area is 127 Å². The van der Waals surface area contributed by atoms with Crippen LogP contribution in [0.15, 0.2) is 18.2 Å². The maximum absolute atomic E-state index is 11.7. The second-order valence-electron chi connectivity index (χ2n) is 5.82. The fraction of sp³-hybridized carbons (Fsp3) is 0.588. The minimum atomic E-state index is -0.0325. The van der Waals surface area contributed by atoms with Crippen molar-refractivity contribution < 1.29 is 9.53 Å². The number of carbonyl (C=O) groups is 1. The zero-order valence-corrected chi connectivity index (χ0v) is 13.1. The first kappa shape index (κ1) is 15.8. The standard InChI is InChI=1S/C17H26N2O2/c1-3-8-18-11-15-9-13(2)4-7-16(15)21-12-17(20)19-10-14-5-6-14/h4,7,9,14,18H,3,5-6,8,10-12H2,1-2H3,(H,19,20). The first-order chi connectivity index (χ1) is 10.2. The van der Waals surface area contributed by atoms with E-state index in [9.17, 15) is 4.79 Å². The van der Waals surface area contributed by atoms with Gasteiger partial charge in [-0.25, -0.2) is 0 Å². The van der Waals surface area contributed by atoms with Crippen LogP contribution in [0.25, 0.3) is 0 Å². The van der Waals surface area contributed by atoms with E-state index in [1.807, 2.05) is 12.1 Å². The topological polar surface area (TPSA) is 50.4 Å². The molecule has 2 N–H and O–H groups in total. The van der Waals surface area contributed by atoms with E-state index in [-0.39, 0.29) is 12.5 Å². The van der Waals surface area contributed by atoms with Gasteiger partial charge in [0.05, 0.1) is 0 Å². The molecule has 4 heteroatoms. The van der Waals surface area contributed by atoms with E-state index in [4.69, 9.17) is 4.74 Å². The van der Waals surface area contributed by atoms with Crippen molar-refractivity contribution in [3.05, 3.63) is 29.3 Å². The molecule has 1 aromatic carbocycles. The van der Waals surface area contributed by atoms with Crippen molar-refractivity contribution in [2.24, 2.45) is 5.92 Å². The van der Waals surface area contributed by atoms with E-state index < -0.39 is 0 Å². The molecule has 0 aliphatic heterocycles. The number of aryl methyl sites for hydroxylation is 1. The smallest absolute Gasteiger partial charge is 0.257 e. The summed E-state index contributed by atoms with van der Waals surface area (Å²) in [7, 11) is 0. The molecule has 1 aliphatic rings. The summed E-state index contributed by atoms with van der Waals surface area (Å²) in [6.07, 6.45) is 3.59. The third kappa shape index (κ3) is 5.76. The van der Waals surface area contributed by atoms with E-state index in [0.29, 0.717) is 5.92 Å². The largest absolute Gasteiger partial charge is 0.483 e. The van der Waals surface area contributed by atoms with E-state index in [1.165, 1.54) is 18.4 Å². The van der Waals surface area contributed by atoms with Crippen molar-refractivity contribution in [3.8, 4) is 5.75 Å². The molecular formula is C17H26N2O2. The van der Waals surface area contributed by atoms with Crippen LogP contribution in [0.4, 0.5) is 0 Å². The average Bonchev–Trinajstić information content (AvgIpc) is 3.29. The van der Waals surface area contributed by atoms with Crippen molar-refractivity contribution in [1.29, 1.82) is 0 Å². The Morgan fingerprint density at radius 2 is 2.19 bits per heavy atom. The van der Waals surface area contributed by atoms with Crippen LogP contribution in [0.5, 0.6) is 5.75 Å². The van der Waals surface area contributed by atoms with Crippen LogP contribution >= 0.6 is 0 Å². The average molecular weight is 290 g/mol. The van der Waals surface area contributed by atoms with Gasteiger partial charge in [-0.1, -0.05) is 24.6 Å². The maximum atomic E-state index is 11.7. The van der Waals surface area contributed by atoms with Crippen molar-refractivity contribution in [2.75, 3.05) is 19.7 Å². The molecule has 0 atom stereocenters. The molecule has 1 aromatic rings. The number of rotatable bonds is 9. The summed E-state index contributed by atoms with van der Waals surface area (Å²) in [5.74, 6) is 1.46. The molecule has 0 spiro atoms. The summed E-state index contributed by atoms with van der Waals surface area (Å²) in [5, 5.41) is 6.29. The SMILES string of the molecule is CCCNCc1cc(C)ccc1OCC(=O)NCC1CC1. The molecule has 2 rings (SSSR count). The predicted octanol–water partition coefficient (Wildman–Crippen LogP) is 2.40. The van der Waals surface area contributed by atoms with Crippen LogP contribution in [0, 0.1) is 12.8 Å². The zero-order valence-electron chi connectivity index (χ0n) is 13.1. The molecule has 0 aromatic heterocycles. The predicted molar refractivity (Wildman–Crippen MR) is 84.4 cm³/mol. The van der Waals surface area contributed by atoms with Gasteiger partial charge in [-0.2, -0.15) is 0 Å². The molecule has 0 unspecified atom stereocenters. The second kappa shape index (κ2) is 8.03. The minimum absolute atomic E-state index is 0.0325. The van der Waals surface area contributed by atoms with Gasteiger partial charge in [-0.3, -0.25) is 4.79 Å². The second-order valence-corrected chi connectivity index (χ2v) is 5.82. The highest BCUT2D eigenvalue weighted by Gasteiger charge is 2.21. The van der Waals surface area contributed by atoms with Crippen LogP contribution in [0.3, 0.4) is 0 Å². The molecule has 1 fully saturated rings. The van der Waals surface area contributed by atoms with Gasteiger partial charge in [0.15, 0.2) is 6.61 Å². The minimum Gasteiger partial charge on any atom is -0.483 e. The molecule has 0 saturated heterocycles.